The molecule has 2 N–H and O–H groups in total. The van der Waals surface area contributed by atoms with Crippen molar-refractivity contribution in [2.45, 2.75) is 24.6 Å². The maximum absolute atomic E-state index is 12.7. The van der Waals surface area contributed by atoms with Gasteiger partial charge in [0.2, 0.25) is 0 Å². The molecule has 1 unspecified atom stereocenters. The van der Waals surface area contributed by atoms with Gasteiger partial charge in [0.15, 0.2) is 0 Å². The highest BCUT2D eigenvalue weighted by Crippen LogP contribution is 2.40. The van der Waals surface area contributed by atoms with Gasteiger partial charge >= 0.3 is 6.18 Å². The Morgan fingerprint density at radius 1 is 1.32 bits per heavy atom. The number of rotatable bonds is 4. The molecule has 1 aliphatic rings. The lowest BCUT2D eigenvalue weighted by Crippen LogP contribution is -2.46. The fourth-order valence-corrected chi connectivity index (χ4v) is 1.86. The number of halogens is 3. The second kappa shape index (κ2) is 4.74. The molecule has 6 heteroatoms. The predicted octanol–water partition coefficient (Wildman–Crippen LogP) is 2.72. The Labute approximate surface area is 108 Å². The van der Waals surface area contributed by atoms with E-state index in [1.54, 1.807) is 0 Å². The Morgan fingerprint density at radius 3 is 2.47 bits per heavy atom. The summed E-state index contributed by atoms with van der Waals surface area (Å²) in [6.07, 6.45) is -2.86. The number of hydrogen-bond acceptors (Lipinski definition) is 3. The van der Waals surface area contributed by atoms with Crippen LogP contribution in [0.2, 0.25) is 0 Å². The first-order valence-corrected chi connectivity index (χ1v) is 5.86. The molecule has 2 rings (SSSR count). The molecule has 19 heavy (non-hydrogen) atoms. The van der Waals surface area contributed by atoms with Crippen molar-refractivity contribution in [3.8, 4) is 11.8 Å². The summed E-state index contributed by atoms with van der Waals surface area (Å²) < 4.78 is 43.4. The summed E-state index contributed by atoms with van der Waals surface area (Å²) in [5.41, 5.74) is 3.78. The van der Waals surface area contributed by atoms with Crippen LogP contribution < -0.4 is 10.5 Å². The average molecular weight is 270 g/mol. The van der Waals surface area contributed by atoms with Gasteiger partial charge in [0.1, 0.15) is 17.9 Å². The number of nitrogens with zero attached hydrogens (tertiary/aromatic N) is 1. The van der Waals surface area contributed by atoms with Crippen molar-refractivity contribution in [3.05, 3.63) is 29.8 Å². The largest absolute Gasteiger partial charge is 0.490 e. The number of ether oxygens (including phenoxy) is 1. The molecule has 0 aliphatic heterocycles. The van der Waals surface area contributed by atoms with E-state index < -0.39 is 17.3 Å². The quantitative estimate of drug-likeness (QED) is 0.915. The fraction of sp³-hybridized carbons (Fsp3) is 0.462. The third-order valence-corrected chi connectivity index (χ3v) is 3.17. The Balaban J connectivity index is 2.14. The maximum Gasteiger partial charge on any atom is 0.419 e. The second-order valence-corrected chi connectivity index (χ2v) is 4.71. The molecular formula is C13H13F3N2O. The van der Waals surface area contributed by atoms with E-state index in [-0.39, 0.29) is 18.3 Å². The summed E-state index contributed by atoms with van der Waals surface area (Å²) in [7, 11) is 0. The van der Waals surface area contributed by atoms with Crippen molar-refractivity contribution in [1.82, 2.24) is 0 Å². The normalized spacial score (nSPS) is 18.5. The molecule has 0 heterocycles. The first-order chi connectivity index (χ1) is 8.87. The standard InChI is InChI=1S/C13H13F3N2O/c14-13(15,16)10-3-1-2-4-11(10)19-8-12(18,7-17)9-5-6-9/h1-4,9H,5-6,8,18H2. The lowest BCUT2D eigenvalue weighted by Gasteiger charge is -2.22. The van der Waals surface area contributed by atoms with Crippen LogP contribution in [0.1, 0.15) is 18.4 Å². The van der Waals surface area contributed by atoms with Crippen LogP contribution in [0, 0.1) is 17.2 Å². The van der Waals surface area contributed by atoms with Crippen LogP contribution in [-0.4, -0.2) is 12.1 Å². The second-order valence-electron chi connectivity index (χ2n) is 4.71. The predicted molar refractivity (Wildman–Crippen MR) is 62.2 cm³/mol. The van der Waals surface area contributed by atoms with Crippen LogP contribution in [0.25, 0.3) is 0 Å². The van der Waals surface area contributed by atoms with Crippen molar-refractivity contribution < 1.29 is 17.9 Å². The van der Waals surface area contributed by atoms with Gasteiger partial charge in [-0.15, -0.1) is 0 Å². The molecule has 0 saturated heterocycles. The number of nitrogens with two attached hydrogens (primary N) is 1. The molecule has 1 atom stereocenters. The van der Waals surface area contributed by atoms with Gasteiger partial charge < -0.3 is 10.5 Å². The third-order valence-electron chi connectivity index (χ3n) is 3.17. The molecule has 0 aromatic heterocycles. The lowest BCUT2D eigenvalue weighted by atomic mass is 9.98. The number of hydrogen-bond donors (Lipinski definition) is 1. The smallest absolute Gasteiger partial charge is 0.419 e. The number of alkyl halides is 3. The van der Waals surface area contributed by atoms with E-state index in [4.69, 9.17) is 15.7 Å². The lowest BCUT2D eigenvalue weighted by molar-refractivity contribution is -0.139. The van der Waals surface area contributed by atoms with Gasteiger partial charge in [-0.3, -0.25) is 0 Å². The Morgan fingerprint density at radius 2 is 1.95 bits per heavy atom. The molecule has 0 amide bonds. The summed E-state index contributed by atoms with van der Waals surface area (Å²) in [6.45, 7) is -0.235. The monoisotopic (exact) mass is 270 g/mol. The van der Waals surface area contributed by atoms with E-state index in [1.165, 1.54) is 18.2 Å². The van der Waals surface area contributed by atoms with Crippen molar-refractivity contribution in [3.63, 3.8) is 0 Å². The van der Waals surface area contributed by atoms with Crippen molar-refractivity contribution in [2.75, 3.05) is 6.61 Å². The summed E-state index contributed by atoms with van der Waals surface area (Å²) in [5, 5.41) is 9.03. The van der Waals surface area contributed by atoms with Crippen LogP contribution in [0.4, 0.5) is 13.2 Å². The van der Waals surface area contributed by atoms with Crippen molar-refractivity contribution >= 4 is 0 Å². The summed E-state index contributed by atoms with van der Waals surface area (Å²) >= 11 is 0. The zero-order valence-electron chi connectivity index (χ0n) is 10.1. The maximum atomic E-state index is 12.7. The topological polar surface area (TPSA) is 59.0 Å². The number of nitriles is 1. The third kappa shape index (κ3) is 2.99. The number of benzene rings is 1. The van der Waals surface area contributed by atoms with Crippen molar-refractivity contribution in [1.29, 1.82) is 5.26 Å². The zero-order chi connectivity index (χ0) is 14.1. The fourth-order valence-electron chi connectivity index (χ4n) is 1.86. The zero-order valence-corrected chi connectivity index (χ0v) is 10.1. The van der Waals surface area contributed by atoms with Crippen molar-refractivity contribution in [2.24, 2.45) is 11.7 Å². The summed E-state index contributed by atoms with van der Waals surface area (Å²) in [4.78, 5) is 0. The minimum atomic E-state index is -4.49. The molecule has 0 bridgehead atoms. The van der Waals surface area contributed by atoms with E-state index in [2.05, 4.69) is 0 Å². The first kappa shape index (κ1) is 13.7. The minimum Gasteiger partial charge on any atom is -0.490 e. The molecule has 0 spiro atoms. The van der Waals surface area contributed by atoms with Crippen LogP contribution in [0.15, 0.2) is 24.3 Å². The Kier molecular flexibility index (Phi) is 3.42. The molecule has 3 nitrogen and oxygen atoms in total. The Hall–Kier alpha value is -1.74. The molecule has 102 valence electrons. The highest BCUT2D eigenvalue weighted by atomic mass is 19.4. The van der Waals surface area contributed by atoms with Gasteiger partial charge in [-0.2, -0.15) is 18.4 Å². The van der Waals surface area contributed by atoms with Crippen LogP contribution in [-0.2, 0) is 6.18 Å². The summed E-state index contributed by atoms with van der Waals surface area (Å²) in [6, 6.07) is 6.85. The van der Waals surface area contributed by atoms with E-state index in [0.717, 1.165) is 18.9 Å². The molecule has 1 aromatic carbocycles. The SMILES string of the molecule is N#CC(N)(COc1ccccc1C(F)(F)F)C1CC1. The van der Waals surface area contributed by atoms with E-state index in [0.29, 0.717) is 0 Å². The molecule has 1 aliphatic carbocycles. The van der Waals surface area contributed by atoms with Gasteiger partial charge in [0.25, 0.3) is 0 Å². The van der Waals surface area contributed by atoms with E-state index >= 15 is 0 Å². The van der Waals surface area contributed by atoms with Gasteiger partial charge in [0, 0.05) is 0 Å². The van der Waals surface area contributed by atoms with Gasteiger partial charge in [-0.05, 0) is 30.9 Å². The highest BCUT2D eigenvalue weighted by Gasteiger charge is 2.44. The van der Waals surface area contributed by atoms with Gasteiger partial charge in [-0.25, -0.2) is 0 Å². The Bertz CT molecular complexity index is 505. The highest BCUT2D eigenvalue weighted by molar-refractivity contribution is 5.36. The van der Waals surface area contributed by atoms with E-state index in [9.17, 15) is 13.2 Å². The summed E-state index contributed by atoms with van der Waals surface area (Å²) in [5.74, 6) is -0.281. The molecular weight excluding hydrogens is 257 g/mol. The molecule has 0 radical (unpaired) electrons. The van der Waals surface area contributed by atoms with Gasteiger partial charge in [-0.1, -0.05) is 12.1 Å². The number of para-hydroxylation sites is 1. The van der Waals surface area contributed by atoms with Crippen LogP contribution >= 0.6 is 0 Å². The van der Waals surface area contributed by atoms with E-state index in [1.807, 2.05) is 6.07 Å². The first-order valence-electron chi connectivity index (χ1n) is 5.86. The van der Waals surface area contributed by atoms with Crippen LogP contribution in [0.5, 0.6) is 5.75 Å². The molecule has 1 aromatic rings. The molecule has 1 fully saturated rings. The minimum absolute atomic E-state index is 0.00977. The van der Waals surface area contributed by atoms with Gasteiger partial charge in [0.05, 0.1) is 11.6 Å². The average Bonchev–Trinajstić information content (AvgIpc) is 3.20. The molecule has 1 saturated carbocycles. The van der Waals surface area contributed by atoms with Crippen LogP contribution in [0.3, 0.4) is 0 Å².